The van der Waals surface area contributed by atoms with Gasteiger partial charge in [-0.3, -0.25) is 0 Å². The molecule has 0 bridgehead atoms. The number of ether oxygens (including phenoxy) is 1. The minimum Gasteiger partial charge on any atom is -0.444 e. The summed E-state index contributed by atoms with van der Waals surface area (Å²) in [6.45, 7) is 8.79. The molecule has 4 heteroatoms. The van der Waals surface area contributed by atoms with E-state index in [1.165, 1.54) is 0 Å². The number of carbonyl (C=O) groups excluding carboxylic acids is 1. The summed E-state index contributed by atoms with van der Waals surface area (Å²) in [7, 11) is 0. The first-order valence-electron chi connectivity index (χ1n) is 5.51. The maximum absolute atomic E-state index is 11.2. The second kappa shape index (κ2) is 7.13. The summed E-state index contributed by atoms with van der Waals surface area (Å²) < 4.78 is 5.08. The fraction of sp³-hybridized carbons (Fsp3) is 0.750. The molecule has 0 aromatic carbocycles. The SMILES string of the molecule is C#CC(C)NCCCNC(=O)OC(C)(C)C. The molecule has 0 aromatic rings. The Labute approximate surface area is 98.1 Å². The molecule has 0 saturated carbocycles. The summed E-state index contributed by atoms with van der Waals surface area (Å²) in [5, 5.41) is 5.80. The van der Waals surface area contributed by atoms with Gasteiger partial charge in [0.25, 0.3) is 0 Å². The van der Waals surface area contributed by atoms with Crippen LogP contribution >= 0.6 is 0 Å². The molecule has 0 heterocycles. The van der Waals surface area contributed by atoms with E-state index in [0.717, 1.165) is 13.0 Å². The molecule has 1 atom stereocenters. The molecule has 0 saturated heterocycles. The van der Waals surface area contributed by atoms with Gasteiger partial charge in [-0.05, 0) is 40.7 Å². The van der Waals surface area contributed by atoms with Crippen LogP contribution in [0.4, 0.5) is 4.79 Å². The first-order chi connectivity index (χ1) is 7.35. The lowest BCUT2D eigenvalue weighted by atomic mass is 10.2. The Hall–Kier alpha value is -1.21. The monoisotopic (exact) mass is 226 g/mol. The van der Waals surface area contributed by atoms with Crippen molar-refractivity contribution < 1.29 is 9.53 Å². The van der Waals surface area contributed by atoms with E-state index in [1.807, 2.05) is 27.7 Å². The van der Waals surface area contributed by atoms with Crippen molar-refractivity contribution in [3.63, 3.8) is 0 Å². The zero-order chi connectivity index (χ0) is 12.6. The van der Waals surface area contributed by atoms with Crippen LogP contribution in [0.2, 0.25) is 0 Å². The Kier molecular flexibility index (Phi) is 6.59. The predicted molar refractivity (Wildman–Crippen MR) is 65.2 cm³/mol. The van der Waals surface area contributed by atoms with E-state index < -0.39 is 5.60 Å². The van der Waals surface area contributed by atoms with Crippen LogP contribution in [-0.2, 0) is 4.74 Å². The first-order valence-corrected chi connectivity index (χ1v) is 5.51. The maximum Gasteiger partial charge on any atom is 0.407 e. The molecular formula is C12H22N2O2. The van der Waals surface area contributed by atoms with Crippen LogP contribution in [0.15, 0.2) is 0 Å². The van der Waals surface area contributed by atoms with Crippen LogP contribution in [-0.4, -0.2) is 30.8 Å². The summed E-state index contributed by atoms with van der Waals surface area (Å²) in [6.07, 6.45) is 5.65. The van der Waals surface area contributed by atoms with Crippen molar-refractivity contribution in [3.05, 3.63) is 0 Å². The number of rotatable bonds is 5. The average Bonchev–Trinajstić information content (AvgIpc) is 2.14. The van der Waals surface area contributed by atoms with Gasteiger partial charge >= 0.3 is 6.09 Å². The second-order valence-corrected chi connectivity index (χ2v) is 4.62. The number of hydrogen-bond donors (Lipinski definition) is 2. The lowest BCUT2D eigenvalue weighted by Gasteiger charge is -2.19. The zero-order valence-corrected chi connectivity index (χ0v) is 10.6. The van der Waals surface area contributed by atoms with Crippen LogP contribution in [0.25, 0.3) is 0 Å². The van der Waals surface area contributed by atoms with Gasteiger partial charge < -0.3 is 15.4 Å². The van der Waals surface area contributed by atoms with Crippen LogP contribution in [0.5, 0.6) is 0 Å². The predicted octanol–water partition coefficient (Wildman–Crippen LogP) is 1.51. The fourth-order valence-electron chi connectivity index (χ4n) is 0.971. The highest BCUT2D eigenvalue weighted by Gasteiger charge is 2.15. The largest absolute Gasteiger partial charge is 0.444 e. The number of alkyl carbamates (subject to hydrolysis) is 1. The molecule has 0 fully saturated rings. The van der Waals surface area contributed by atoms with Crippen LogP contribution < -0.4 is 10.6 Å². The quantitative estimate of drug-likeness (QED) is 0.552. The number of terminal acetylenes is 1. The van der Waals surface area contributed by atoms with Gasteiger partial charge in [0.2, 0.25) is 0 Å². The van der Waals surface area contributed by atoms with E-state index in [9.17, 15) is 4.79 Å². The Morgan fingerprint density at radius 2 is 2.06 bits per heavy atom. The van der Waals surface area contributed by atoms with Gasteiger partial charge in [-0.25, -0.2) is 4.79 Å². The van der Waals surface area contributed by atoms with Crippen molar-refractivity contribution in [1.82, 2.24) is 10.6 Å². The summed E-state index contributed by atoms with van der Waals surface area (Å²) in [5.41, 5.74) is -0.444. The molecule has 0 rings (SSSR count). The molecule has 0 aromatic heterocycles. The number of hydrogen-bond acceptors (Lipinski definition) is 3. The van der Waals surface area contributed by atoms with Gasteiger partial charge in [-0.1, -0.05) is 5.92 Å². The van der Waals surface area contributed by atoms with Crippen LogP contribution in [0, 0.1) is 12.3 Å². The molecule has 2 N–H and O–H groups in total. The van der Waals surface area contributed by atoms with Crippen molar-refractivity contribution in [2.75, 3.05) is 13.1 Å². The highest BCUT2D eigenvalue weighted by molar-refractivity contribution is 5.67. The Morgan fingerprint density at radius 1 is 1.44 bits per heavy atom. The molecule has 0 radical (unpaired) electrons. The maximum atomic E-state index is 11.2. The van der Waals surface area contributed by atoms with E-state index >= 15 is 0 Å². The second-order valence-electron chi connectivity index (χ2n) is 4.62. The topological polar surface area (TPSA) is 50.4 Å². The molecule has 0 aliphatic heterocycles. The lowest BCUT2D eigenvalue weighted by molar-refractivity contribution is 0.0527. The molecule has 1 amide bonds. The number of carbonyl (C=O) groups is 1. The lowest BCUT2D eigenvalue weighted by Crippen LogP contribution is -2.34. The van der Waals surface area contributed by atoms with Crippen molar-refractivity contribution >= 4 is 6.09 Å². The number of nitrogens with one attached hydrogen (secondary N) is 2. The summed E-state index contributed by atoms with van der Waals surface area (Å²) in [6, 6.07) is 0.0709. The van der Waals surface area contributed by atoms with Gasteiger partial charge in [-0.15, -0.1) is 6.42 Å². The highest BCUT2D eigenvalue weighted by Crippen LogP contribution is 2.06. The summed E-state index contributed by atoms with van der Waals surface area (Å²) in [4.78, 5) is 11.2. The van der Waals surface area contributed by atoms with E-state index in [4.69, 9.17) is 11.2 Å². The molecule has 92 valence electrons. The Morgan fingerprint density at radius 3 is 2.56 bits per heavy atom. The summed E-state index contributed by atoms with van der Waals surface area (Å²) in [5.74, 6) is 2.57. The van der Waals surface area contributed by atoms with Crippen LogP contribution in [0.3, 0.4) is 0 Å². The standard InChI is InChI=1S/C12H22N2O2/c1-6-10(2)13-8-7-9-14-11(15)16-12(3,4)5/h1,10,13H,7-9H2,2-5H3,(H,14,15). The van der Waals surface area contributed by atoms with Gasteiger partial charge in [0.15, 0.2) is 0 Å². The molecule has 1 unspecified atom stereocenters. The average molecular weight is 226 g/mol. The molecule has 0 aliphatic rings. The normalized spacial score (nSPS) is 12.7. The fourth-order valence-corrected chi connectivity index (χ4v) is 0.971. The van der Waals surface area contributed by atoms with Gasteiger partial charge in [0.05, 0.1) is 6.04 Å². The van der Waals surface area contributed by atoms with Gasteiger partial charge in [0.1, 0.15) is 5.60 Å². The van der Waals surface area contributed by atoms with Crippen molar-refractivity contribution in [2.24, 2.45) is 0 Å². The summed E-state index contributed by atoms with van der Waals surface area (Å²) >= 11 is 0. The van der Waals surface area contributed by atoms with E-state index in [0.29, 0.717) is 6.54 Å². The van der Waals surface area contributed by atoms with Crippen molar-refractivity contribution in [3.8, 4) is 12.3 Å². The van der Waals surface area contributed by atoms with Gasteiger partial charge in [0, 0.05) is 6.54 Å². The smallest absolute Gasteiger partial charge is 0.407 e. The molecular weight excluding hydrogens is 204 g/mol. The van der Waals surface area contributed by atoms with E-state index in [1.54, 1.807) is 0 Å². The third-order valence-corrected chi connectivity index (χ3v) is 1.72. The Bertz CT molecular complexity index is 251. The molecule has 0 spiro atoms. The zero-order valence-electron chi connectivity index (χ0n) is 10.6. The van der Waals surface area contributed by atoms with Crippen molar-refractivity contribution in [1.29, 1.82) is 0 Å². The third kappa shape index (κ3) is 9.35. The number of amides is 1. The molecule has 16 heavy (non-hydrogen) atoms. The molecule has 4 nitrogen and oxygen atoms in total. The van der Waals surface area contributed by atoms with Crippen molar-refractivity contribution in [2.45, 2.75) is 45.8 Å². The minimum absolute atomic E-state index is 0.0709. The Balaban J connectivity index is 3.46. The van der Waals surface area contributed by atoms with E-state index in [-0.39, 0.29) is 12.1 Å². The highest BCUT2D eigenvalue weighted by atomic mass is 16.6. The third-order valence-electron chi connectivity index (χ3n) is 1.72. The minimum atomic E-state index is -0.444. The van der Waals surface area contributed by atoms with E-state index in [2.05, 4.69) is 16.6 Å². The molecule has 0 aliphatic carbocycles. The van der Waals surface area contributed by atoms with Gasteiger partial charge in [-0.2, -0.15) is 0 Å². The first kappa shape index (κ1) is 14.8. The van der Waals surface area contributed by atoms with Crippen LogP contribution in [0.1, 0.15) is 34.1 Å².